The van der Waals surface area contributed by atoms with E-state index in [1.165, 1.54) is 35.5 Å². The van der Waals surface area contributed by atoms with Crippen LogP contribution >= 0.6 is 0 Å². The molecule has 8 atom stereocenters. The van der Waals surface area contributed by atoms with E-state index in [1.54, 1.807) is 12.8 Å². The van der Waals surface area contributed by atoms with Crippen molar-refractivity contribution in [2.45, 2.75) is 26.7 Å². The summed E-state index contributed by atoms with van der Waals surface area (Å²) in [6.45, 7) is 4.99. The van der Waals surface area contributed by atoms with Crippen LogP contribution in [0.5, 0.6) is 0 Å². The fourth-order valence-corrected chi connectivity index (χ4v) is 5.34. The molecule has 4 fully saturated rings. The van der Waals surface area contributed by atoms with Gasteiger partial charge in [0.2, 0.25) is 0 Å². The topological polar surface area (TPSA) is 0 Å². The zero-order valence-electron chi connectivity index (χ0n) is 8.03. The molecule has 0 saturated heterocycles. The second-order valence-corrected chi connectivity index (χ2v) is 5.93. The molecule has 4 aliphatic carbocycles. The average Bonchev–Trinajstić information content (AvgIpc) is 2.02. The first-order valence-corrected chi connectivity index (χ1v) is 5.80. The van der Waals surface area contributed by atoms with Gasteiger partial charge in [0.15, 0.2) is 0 Å². The van der Waals surface area contributed by atoms with Crippen LogP contribution in [-0.2, 0) is 0 Å². The molecule has 0 aromatic carbocycles. The average molecular weight is 162 g/mol. The van der Waals surface area contributed by atoms with Crippen LogP contribution in [0.25, 0.3) is 0 Å². The third-order valence-electron chi connectivity index (χ3n) is 6.19. The first kappa shape index (κ1) is 6.45. The Morgan fingerprint density at radius 3 is 1.42 bits per heavy atom. The summed E-state index contributed by atoms with van der Waals surface area (Å²) in [5, 5.41) is 0. The monoisotopic (exact) mass is 162 g/mol. The van der Waals surface area contributed by atoms with Crippen LogP contribution in [-0.4, -0.2) is 0 Å². The summed E-state index contributed by atoms with van der Waals surface area (Å²) in [7, 11) is 0. The Morgan fingerprint density at radius 1 is 0.667 bits per heavy atom. The molecule has 0 radical (unpaired) electrons. The molecule has 4 unspecified atom stereocenters. The maximum atomic E-state index is 2.49. The van der Waals surface area contributed by atoms with Crippen LogP contribution in [0, 0.1) is 47.3 Å². The number of rotatable bonds is 0. The molecule has 0 amide bonds. The third kappa shape index (κ3) is 0.400. The summed E-state index contributed by atoms with van der Waals surface area (Å²) in [5.74, 6) is 9.49. The lowest BCUT2D eigenvalue weighted by molar-refractivity contribution is -0.330. The van der Waals surface area contributed by atoms with Gasteiger partial charge in [-0.05, 0) is 60.2 Å². The number of hydrogen-bond acceptors (Lipinski definition) is 0. The van der Waals surface area contributed by atoms with E-state index in [2.05, 4.69) is 13.8 Å². The zero-order chi connectivity index (χ0) is 8.03. The lowest BCUT2D eigenvalue weighted by Gasteiger charge is -2.80. The van der Waals surface area contributed by atoms with Gasteiger partial charge in [0.1, 0.15) is 0 Å². The van der Waals surface area contributed by atoms with E-state index in [9.17, 15) is 0 Å². The Balaban J connectivity index is 1.63. The summed E-state index contributed by atoms with van der Waals surface area (Å²) < 4.78 is 0. The van der Waals surface area contributed by atoms with Crippen LogP contribution in [0.4, 0.5) is 0 Å². The maximum absolute atomic E-state index is 2.49. The fraction of sp³-hybridized carbons (Fsp3) is 1.00. The minimum absolute atomic E-state index is 1.08. The molecule has 0 aliphatic heterocycles. The van der Waals surface area contributed by atoms with Crippen molar-refractivity contribution in [1.29, 1.82) is 0 Å². The van der Waals surface area contributed by atoms with Crippen molar-refractivity contribution in [3.05, 3.63) is 0 Å². The largest absolute Gasteiger partial charge is 0.0620 e. The highest BCUT2D eigenvalue weighted by molar-refractivity contribution is 5.22. The van der Waals surface area contributed by atoms with E-state index in [-0.39, 0.29) is 0 Å². The quantitative estimate of drug-likeness (QED) is 0.514. The van der Waals surface area contributed by atoms with Crippen LogP contribution in [0.2, 0.25) is 0 Å². The molecule has 0 N–H and O–H groups in total. The van der Waals surface area contributed by atoms with Crippen molar-refractivity contribution in [3.63, 3.8) is 0 Å². The smallest absolute Gasteiger partial charge is 0.0315 e. The second kappa shape index (κ2) is 1.63. The first-order valence-electron chi connectivity index (χ1n) is 5.80. The minimum Gasteiger partial charge on any atom is -0.0620 e. The molecule has 0 spiro atoms. The zero-order valence-corrected chi connectivity index (χ0v) is 8.03. The van der Waals surface area contributed by atoms with Gasteiger partial charge in [-0.3, -0.25) is 0 Å². The molecule has 4 rings (SSSR count). The Morgan fingerprint density at radius 2 is 1.08 bits per heavy atom. The van der Waals surface area contributed by atoms with Crippen molar-refractivity contribution in [3.8, 4) is 0 Å². The number of hydrogen-bond donors (Lipinski definition) is 0. The highest BCUT2D eigenvalue weighted by atomic mass is 14.8. The van der Waals surface area contributed by atoms with E-state index in [1.807, 2.05) is 0 Å². The van der Waals surface area contributed by atoms with Crippen molar-refractivity contribution in [2.24, 2.45) is 47.3 Å². The summed E-state index contributed by atoms with van der Waals surface area (Å²) >= 11 is 0. The predicted octanol–water partition coefficient (Wildman–Crippen LogP) is 2.79. The van der Waals surface area contributed by atoms with Gasteiger partial charge in [-0.25, -0.2) is 0 Å². The lowest BCUT2D eigenvalue weighted by atomic mass is 9.24. The molecule has 0 aromatic heterocycles. The molecule has 0 heteroatoms. The molecule has 4 aliphatic rings. The summed E-state index contributed by atoms with van der Waals surface area (Å²) in [4.78, 5) is 0. The summed E-state index contributed by atoms with van der Waals surface area (Å²) in [6.07, 6.45) is 3.19. The molecule has 0 bridgehead atoms. The molecular weight excluding hydrogens is 144 g/mol. The molecule has 0 heterocycles. The third-order valence-corrected chi connectivity index (χ3v) is 6.19. The summed E-state index contributed by atoms with van der Waals surface area (Å²) in [6, 6.07) is 0. The van der Waals surface area contributed by atoms with Gasteiger partial charge in [-0.2, -0.15) is 0 Å². The van der Waals surface area contributed by atoms with Gasteiger partial charge < -0.3 is 0 Å². The van der Waals surface area contributed by atoms with Crippen molar-refractivity contribution < 1.29 is 0 Å². The van der Waals surface area contributed by atoms with Gasteiger partial charge >= 0.3 is 0 Å². The van der Waals surface area contributed by atoms with Crippen molar-refractivity contribution in [1.82, 2.24) is 0 Å². The van der Waals surface area contributed by atoms with E-state index >= 15 is 0 Å². The minimum atomic E-state index is 1.08. The predicted molar refractivity (Wildman–Crippen MR) is 48.5 cm³/mol. The van der Waals surface area contributed by atoms with Gasteiger partial charge in [-0.15, -0.1) is 0 Å². The highest BCUT2D eigenvalue weighted by Crippen LogP contribution is 2.79. The lowest BCUT2D eigenvalue weighted by Crippen LogP contribution is -2.76. The van der Waals surface area contributed by atoms with Crippen molar-refractivity contribution in [2.75, 3.05) is 0 Å². The normalized spacial score (nSPS) is 76.5. The van der Waals surface area contributed by atoms with E-state index < -0.39 is 0 Å². The Kier molecular flexibility index (Phi) is 0.875. The number of fused-ring (bicyclic) bond motifs is 7. The summed E-state index contributed by atoms with van der Waals surface area (Å²) in [5.41, 5.74) is 0. The molecule has 66 valence electrons. The van der Waals surface area contributed by atoms with Crippen LogP contribution < -0.4 is 0 Å². The van der Waals surface area contributed by atoms with Gasteiger partial charge in [0, 0.05) is 0 Å². The first-order chi connectivity index (χ1) is 5.80. The standard InChI is InChI=1S/C12H18/c1-5-6(2)10-9(5)11-7-3-4-8(7)12(10)11/h5-12H,3-4H2,1-2H3/t5-,6?,7+,8?,9-,10?,11-,12?/m0/s1. The Hall–Kier alpha value is 0. The van der Waals surface area contributed by atoms with Crippen molar-refractivity contribution >= 4 is 0 Å². The van der Waals surface area contributed by atoms with Crippen LogP contribution in [0.3, 0.4) is 0 Å². The fourth-order valence-electron chi connectivity index (χ4n) is 5.34. The van der Waals surface area contributed by atoms with Gasteiger partial charge in [-0.1, -0.05) is 13.8 Å². The van der Waals surface area contributed by atoms with Gasteiger partial charge in [0.25, 0.3) is 0 Å². The Labute approximate surface area is 74.7 Å². The van der Waals surface area contributed by atoms with Crippen LogP contribution in [0.15, 0.2) is 0 Å². The maximum Gasteiger partial charge on any atom is -0.0315 e. The SMILES string of the molecule is CC1C2C3C4CC[C@H]4[C@H]3[C@H]2[C@H]1C. The molecule has 0 aromatic rings. The Bertz CT molecular complexity index is 194. The highest BCUT2D eigenvalue weighted by Gasteiger charge is 2.74. The molecule has 4 saturated carbocycles. The second-order valence-electron chi connectivity index (χ2n) is 5.93. The molecule has 12 heavy (non-hydrogen) atoms. The van der Waals surface area contributed by atoms with E-state index in [0.29, 0.717) is 0 Å². The van der Waals surface area contributed by atoms with E-state index in [0.717, 1.165) is 11.8 Å². The van der Waals surface area contributed by atoms with Crippen LogP contribution in [0.1, 0.15) is 26.7 Å². The molecular formula is C12H18. The molecule has 0 nitrogen and oxygen atoms in total. The van der Waals surface area contributed by atoms with E-state index in [4.69, 9.17) is 0 Å². The van der Waals surface area contributed by atoms with Gasteiger partial charge in [0.05, 0.1) is 0 Å².